The summed E-state index contributed by atoms with van der Waals surface area (Å²) in [5.74, 6) is -0.337. The van der Waals surface area contributed by atoms with E-state index in [9.17, 15) is 13.2 Å². The summed E-state index contributed by atoms with van der Waals surface area (Å²) >= 11 is 0. The van der Waals surface area contributed by atoms with E-state index >= 15 is 0 Å². The number of carbonyl (C=O) groups is 1. The molecule has 0 bridgehead atoms. The molecular weight excluding hydrogens is 410 g/mol. The number of hydrogen-bond donors (Lipinski definition) is 1. The van der Waals surface area contributed by atoms with Crippen LogP contribution < -0.4 is 5.32 Å². The number of carbonyl (C=O) groups excluding carboxylic acids is 1. The molecule has 0 atom stereocenters. The average Bonchev–Trinajstić information content (AvgIpc) is 2.81. The number of nitrogens with zero attached hydrogens (tertiary/aromatic N) is 2. The third-order valence-electron chi connectivity index (χ3n) is 5.35. The van der Waals surface area contributed by atoms with Crippen LogP contribution in [0.1, 0.15) is 15.9 Å². The molecule has 0 aliphatic carbocycles. The van der Waals surface area contributed by atoms with E-state index in [0.29, 0.717) is 37.4 Å². The van der Waals surface area contributed by atoms with E-state index in [0.717, 1.165) is 6.54 Å². The van der Waals surface area contributed by atoms with Gasteiger partial charge in [0.25, 0.3) is 5.91 Å². The van der Waals surface area contributed by atoms with Gasteiger partial charge in [-0.2, -0.15) is 4.31 Å². The van der Waals surface area contributed by atoms with Gasteiger partial charge >= 0.3 is 0 Å². The molecule has 1 aliphatic rings. The van der Waals surface area contributed by atoms with E-state index < -0.39 is 10.0 Å². The molecule has 0 radical (unpaired) electrons. The molecule has 1 N–H and O–H groups in total. The molecule has 6 nitrogen and oxygen atoms in total. The highest BCUT2D eigenvalue weighted by Gasteiger charge is 2.29. The lowest BCUT2D eigenvalue weighted by atomic mass is 10.2. The highest BCUT2D eigenvalue weighted by molar-refractivity contribution is 7.89. The molecule has 1 fully saturated rings. The molecule has 1 amide bonds. The molecule has 1 heterocycles. The van der Waals surface area contributed by atoms with Crippen LogP contribution in [0.2, 0.25) is 0 Å². The maximum atomic E-state index is 13.2. The van der Waals surface area contributed by atoms with Crippen molar-refractivity contribution in [3.05, 3.63) is 96.1 Å². The Morgan fingerprint density at radius 3 is 2.13 bits per heavy atom. The molecule has 3 aromatic rings. The van der Waals surface area contributed by atoms with E-state index in [2.05, 4.69) is 22.3 Å². The number of piperazine rings is 1. The van der Waals surface area contributed by atoms with Gasteiger partial charge in [0, 0.05) is 44.0 Å². The maximum absolute atomic E-state index is 13.2. The van der Waals surface area contributed by atoms with Gasteiger partial charge in [-0.3, -0.25) is 9.69 Å². The van der Waals surface area contributed by atoms with Gasteiger partial charge in [0.1, 0.15) is 0 Å². The molecule has 4 rings (SSSR count). The lowest BCUT2D eigenvalue weighted by molar-refractivity contribution is 0.102. The first-order valence-corrected chi connectivity index (χ1v) is 11.7. The van der Waals surface area contributed by atoms with Gasteiger partial charge < -0.3 is 5.32 Å². The van der Waals surface area contributed by atoms with Gasteiger partial charge in [-0.05, 0) is 35.9 Å². The summed E-state index contributed by atoms with van der Waals surface area (Å²) in [5.41, 5.74) is 2.19. The zero-order valence-corrected chi connectivity index (χ0v) is 18.0. The Kier molecular flexibility index (Phi) is 6.46. The van der Waals surface area contributed by atoms with Gasteiger partial charge in [-0.1, -0.05) is 54.6 Å². The fourth-order valence-electron chi connectivity index (χ4n) is 3.64. The van der Waals surface area contributed by atoms with Crippen molar-refractivity contribution >= 4 is 21.6 Å². The number of benzene rings is 3. The zero-order chi connectivity index (χ0) is 21.7. The van der Waals surface area contributed by atoms with Crippen LogP contribution in [0, 0.1) is 0 Å². The van der Waals surface area contributed by atoms with Crippen molar-refractivity contribution < 1.29 is 13.2 Å². The maximum Gasteiger partial charge on any atom is 0.255 e. The first-order chi connectivity index (χ1) is 15.0. The van der Waals surface area contributed by atoms with E-state index in [-0.39, 0.29) is 10.8 Å². The van der Waals surface area contributed by atoms with Gasteiger partial charge in [-0.25, -0.2) is 8.42 Å². The predicted octanol–water partition coefficient (Wildman–Crippen LogP) is 3.45. The second kappa shape index (κ2) is 9.43. The minimum atomic E-state index is -3.66. The molecule has 160 valence electrons. The lowest BCUT2D eigenvalue weighted by Crippen LogP contribution is -2.48. The Morgan fingerprint density at radius 2 is 1.45 bits per heavy atom. The lowest BCUT2D eigenvalue weighted by Gasteiger charge is -2.34. The fourth-order valence-corrected chi connectivity index (χ4v) is 5.11. The Morgan fingerprint density at radius 1 is 0.806 bits per heavy atom. The van der Waals surface area contributed by atoms with Crippen LogP contribution in [0.25, 0.3) is 0 Å². The van der Waals surface area contributed by atoms with Crippen LogP contribution in [0.5, 0.6) is 0 Å². The third kappa shape index (κ3) is 5.19. The molecular formula is C24H25N3O3S. The summed E-state index contributed by atoms with van der Waals surface area (Å²) in [7, 11) is -3.66. The summed E-state index contributed by atoms with van der Waals surface area (Å²) < 4.78 is 27.8. The highest BCUT2D eigenvalue weighted by Crippen LogP contribution is 2.20. The molecule has 31 heavy (non-hydrogen) atoms. The average molecular weight is 436 g/mol. The Bertz CT molecular complexity index is 1130. The van der Waals surface area contributed by atoms with Gasteiger partial charge in [0.05, 0.1) is 4.90 Å². The van der Waals surface area contributed by atoms with Crippen molar-refractivity contribution in [2.75, 3.05) is 31.5 Å². The summed E-state index contributed by atoms with van der Waals surface area (Å²) in [5, 5.41) is 2.79. The molecule has 1 saturated heterocycles. The summed E-state index contributed by atoms with van der Waals surface area (Å²) in [4.78, 5) is 15.0. The third-order valence-corrected chi connectivity index (χ3v) is 7.24. The topological polar surface area (TPSA) is 69.7 Å². The van der Waals surface area contributed by atoms with Crippen LogP contribution in [0.3, 0.4) is 0 Å². The van der Waals surface area contributed by atoms with Gasteiger partial charge in [-0.15, -0.1) is 0 Å². The Hall–Kier alpha value is -3.00. The molecule has 3 aromatic carbocycles. The quantitative estimate of drug-likeness (QED) is 0.644. The second-order valence-electron chi connectivity index (χ2n) is 7.51. The number of nitrogens with one attached hydrogen (secondary N) is 1. The molecule has 0 unspecified atom stereocenters. The normalized spacial score (nSPS) is 15.5. The fraction of sp³-hybridized carbons (Fsp3) is 0.208. The monoisotopic (exact) mass is 435 g/mol. The largest absolute Gasteiger partial charge is 0.322 e. The SMILES string of the molecule is O=C(Nc1ccccc1)c1cccc(S(=O)(=O)N2CCN(Cc3ccccc3)CC2)c1. The number of sulfonamides is 1. The number of hydrogen-bond acceptors (Lipinski definition) is 4. The summed E-state index contributed by atoms with van der Waals surface area (Å²) in [6, 6.07) is 25.5. The standard InChI is InChI=1S/C24H25N3O3S/c28-24(25-22-11-5-2-6-12-22)21-10-7-13-23(18-21)31(29,30)27-16-14-26(15-17-27)19-20-8-3-1-4-9-20/h1-13,18H,14-17,19H2,(H,25,28). The molecule has 7 heteroatoms. The molecule has 0 saturated carbocycles. The van der Waals surface area contributed by atoms with Crippen molar-refractivity contribution in [3.63, 3.8) is 0 Å². The van der Waals surface area contributed by atoms with Crippen LogP contribution >= 0.6 is 0 Å². The second-order valence-corrected chi connectivity index (χ2v) is 9.45. The van der Waals surface area contributed by atoms with Crippen molar-refractivity contribution in [1.29, 1.82) is 0 Å². The van der Waals surface area contributed by atoms with Gasteiger partial charge in [0.15, 0.2) is 0 Å². The summed E-state index contributed by atoms with van der Waals surface area (Å²) in [6.07, 6.45) is 0. The predicted molar refractivity (Wildman–Crippen MR) is 121 cm³/mol. The van der Waals surface area contributed by atoms with Crippen molar-refractivity contribution in [2.45, 2.75) is 11.4 Å². The number of anilines is 1. The number of amides is 1. The van der Waals surface area contributed by atoms with Crippen molar-refractivity contribution in [3.8, 4) is 0 Å². The summed E-state index contributed by atoms with van der Waals surface area (Å²) in [6.45, 7) is 3.00. The Labute approximate surface area is 183 Å². The first kappa shape index (κ1) is 21.2. The van der Waals surface area contributed by atoms with Crippen LogP contribution in [-0.4, -0.2) is 49.7 Å². The first-order valence-electron chi connectivity index (χ1n) is 10.3. The minimum absolute atomic E-state index is 0.143. The van der Waals surface area contributed by atoms with E-state index in [1.165, 1.54) is 15.9 Å². The van der Waals surface area contributed by atoms with E-state index in [1.54, 1.807) is 30.3 Å². The Balaban J connectivity index is 1.42. The number of rotatable bonds is 6. The molecule has 0 spiro atoms. The van der Waals surface area contributed by atoms with Crippen LogP contribution in [0.4, 0.5) is 5.69 Å². The smallest absolute Gasteiger partial charge is 0.255 e. The minimum Gasteiger partial charge on any atom is -0.322 e. The molecule has 0 aromatic heterocycles. The van der Waals surface area contributed by atoms with Gasteiger partial charge in [0.2, 0.25) is 10.0 Å². The van der Waals surface area contributed by atoms with Crippen molar-refractivity contribution in [2.24, 2.45) is 0 Å². The highest BCUT2D eigenvalue weighted by atomic mass is 32.2. The zero-order valence-electron chi connectivity index (χ0n) is 17.1. The number of para-hydroxylation sites is 1. The van der Waals surface area contributed by atoms with E-state index in [4.69, 9.17) is 0 Å². The van der Waals surface area contributed by atoms with E-state index in [1.807, 2.05) is 36.4 Å². The van der Waals surface area contributed by atoms with Crippen LogP contribution in [-0.2, 0) is 16.6 Å². The van der Waals surface area contributed by atoms with Crippen LogP contribution in [0.15, 0.2) is 89.8 Å². The molecule has 1 aliphatic heterocycles. The van der Waals surface area contributed by atoms with Crippen molar-refractivity contribution in [1.82, 2.24) is 9.21 Å².